The number of likely N-dealkylation sites (N-methyl/N-ethyl adjacent to an activating group) is 1. The average Bonchev–Trinajstić information content (AvgIpc) is 3.42. The number of nitrogens with one attached hydrogen (secondary N) is 1. The number of rotatable bonds is 6. The Bertz CT molecular complexity index is 1530. The smallest absolute Gasteiger partial charge is 0.239 e. The van der Waals surface area contributed by atoms with E-state index in [1.165, 1.54) is 28.9 Å². The van der Waals surface area contributed by atoms with Crippen LogP contribution in [0.4, 0.5) is 14.6 Å². The molecule has 11 heteroatoms. The molecule has 182 valence electrons. The van der Waals surface area contributed by atoms with Gasteiger partial charge in [-0.3, -0.25) is 4.79 Å². The number of fused-ring (bicyclic) bond motifs is 1. The van der Waals surface area contributed by atoms with Gasteiger partial charge in [-0.2, -0.15) is 10.4 Å². The highest BCUT2D eigenvalue weighted by Gasteiger charge is 2.28. The molecule has 1 saturated heterocycles. The molecule has 1 aliphatic rings. The van der Waals surface area contributed by atoms with Gasteiger partial charge in [-0.05, 0) is 35.7 Å². The van der Waals surface area contributed by atoms with Crippen LogP contribution in [-0.4, -0.2) is 50.0 Å². The van der Waals surface area contributed by atoms with Gasteiger partial charge in [0.15, 0.2) is 17.3 Å². The number of anilines is 1. The van der Waals surface area contributed by atoms with E-state index in [-0.39, 0.29) is 46.7 Å². The molecule has 5 rings (SSSR count). The van der Waals surface area contributed by atoms with Crippen molar-refractivity contribution in [1.82, 2.24) is 29.8 Å². The molecular weight excluding hydrogens is 466 g/mol. The summed E-state index contributed by atoms with van der Waals surface area (Å²) < 4.78 is 30.9. The van der Waals surface area contributed by atoms with E-state index in [1.807, 2.05) is 0 Å². The van der Waals surface area contributed by atoms with E-state index in [1.54, 1.807) is 36.2 Å². The molecule has 3 heterocycles. The summed E-state index contributed by atoms with van der Waals surface area (Å²) in [7, 11) is 1.76. The van der Waals surface area contributed by atoms with Crippen LogP contribution in [0.3, 0.4) is 0 Å². The van der Waals surface area contributed by atoms with Crippen LogP contribution >= 0.6 is 0 Å². The number of nitriles is 1. The molecule has 0 radical (unpaired) electrons. The first kappa shape index (κ1) is 23.3. The Hall–Kier alpha value is -4.43. The first-order chi connectivity index (χ1) is 17.4. The minimum atomic E-state index is -0.706. The van der Waals surface area contributed by atoms with E-state index in [4.69, 9.17) is 11.0 Å². The summed E-state index contributed by atoms with van der Waals surface area (Å²) >= 11 is 0. The molecule has 36 heavy (non-hydrogen) atoms. The van der Waals surface area contributed by atoms with Gasteiger partial charge in [0.25, 0.3) is 0 Å². The second-order valence-electron chi connectivity index (χ2n) is 8.62. The molecule has 0 bridgehead atoms. The molecule has 1 atom stereocenters. The zero-order valence-electron chi connectivity index (χ0n) is 19.4. The van der Waals surface area contributed by atoms with Gasteiger partial charge in [0.1, 0.15) is 17.7 Å². The summed E-state index contributed by atoms with van der Waals surface area (Å²) in [5, 5.41) is 16.7. The molecular formula is C25H22F2N8O. The van der Waals surface area contributed by atoms with Crippen LogP contribution in [0.1, 0.15) is 28.9 Å². The third-order valence-corrected chi connectivity index (χ3v) is 6.30. The first-order valence-electron chi connectivity index (χ1n) is 11.3. The van der Waals surface area contributed by atoms with E-state index in [2.05, 4.69) is 20.4 Å². The maximum absolute atomic E-state index is 14.8. The number of carbonyl (C=O) groups excluding carboxylic acids is 1. The van der Waals surface area contributed by atoms with Crippen LogP contribution in [0.15, 0.2) is 42.6 Å². The summed E-state index contributed by atoms with van der Waals surface area (Å²) in [6.07, 6.45) is 2.24. The topological polar surface area (TPSA) is 125 Å². The predicted octanol–water partition coefficient (Wildman–Crippen LogP) is 2.43. The van der Waals surface area contributed by atoms with E-state index in [9.17, 15) is 13.6 Å². The van der Waals surface area contributed by atoms with Crippen molar-refractivity contribution in [2.75, 3.05) is 19.3 Å². The Morgan fingerprint density at radius 2 is 2.03 bits per heavy atom. The Kier molecular flexibility index (Phi) is 6.03. The lowest BCUT2D eigenvalue weighted by molar-refractivity contribution is -0.128. The van der Waals surface area contributed by atoms with Gasteiger partial charge in [-0.25, -0.2) is 23.3 Å². The van der Waals surface area contributed by atoms with Gasteiger partial charge in [-0.1, -0.05) is 18.2 Å². The average molecular weight is 489 g/mol. The lowest BCUT2D eigenvalue weighted by Crippen LogP contribution is -2.36. The van der Waals surface area contributed by atoms with Crippen LogP contribution in [0.25, 0.3) is 16.9 Å². The Balaban J connectivity index is 1.44. The van der Waals surface area contributed by atoms with Crippen LogP contribution in [0.2, 0.25) is 0 Å². The van der Waals surface area contributed by atoms with Crippen molar-refractivity contribution in [3.8, 4) is 17.3 Å². The largest absolute Gasteiger partial charge is 0.381 e. The fraction of sp³-hybridized carbons (Fsp3) is 0.240. The number of nitrogens with zero attached hydrogens (tertiary/aromatic N) is 6. The number of carbonyl (C=O) groups is 1. The van der Waals surface area contributed by atoms with Gasteiger partial charge < -0.3 is 16.0 Å². The number of benzene rings is 2. The molecule has 1 fully saturated rings. The minimum absolute atomic E-state index is 0.0190. The molecule has 1 amide bonds. The maximum Gasteiger partial charge on any atom is 0.239 e. The highest BCUT2D eigenvalue weighted by Crippen LogP contribution is 2.26. The Morgan fingerprint density at radius 1 is 1.22 bits per heavy atom. The molecule has 0 spiro atoms. The van der Waals surface area contributed by atoms with Crippen molar-refractivity contribution in [3.05, 3.63) is 76.7 Å². The third-order valence-electron chi connectivity index (χ3n) is 6.30. The van der Waals surface area contributed by atoms with Gasteiger partial charge >= 0.3 is 0 Å². The molecule has 9 nitrogen and oxygen atoms in total. The summed E-state index contributed by atoms with van der Waals surface area (Å²) in [6, 6.07) is 10.7. The van der Waals surface area contributed by atoms with E-state index in [0.29, 0.717) is 36.5 Å². The zero-order chi connectivity index (χ0) is 25.4. The van der Waals surface area contributed by atoms with Gasteiger partial charge in [0, 0.05) is 32.1 Å². The van der Waals surface area contributed by atoms with Crippen molar-refractivity contribution >= 4 is 17.4 Å². The van der Waals surface area contributed by atoms with Gasteiger partial charge in [0.2, 0.25) is 5.91 Å². The van der Waals surface area contributed by atoms with Crippen molar-refractivity contribution < 1.29 is 13.6 Å². The van der Waals surface area contributed by atoms with E-state index >= 15 is 0 Å². The van der Waals surface area contributed by atoms with E-state index in [0.717, 1.165) is 0 Å². The second-order valence-corrected chi connectivity index (χ2v) is 8.62. The maximum atomic E-state index is 14.8. The number of hydrogen-bond acceptors (Lipinski definition) is 7. The lowest BCUT2D eigenvalue weighted by atomic mass is 10.0. The monoisotopic (exact) mass is 488 g/mol. The Morgan fingerprint density at radius 3 is 2.78 bits per heavy atom. The molecule has 0 unspecified atom stereocenters. The SMILES string of the molecule is CN1CC[C@H](NCc2cccc(F)c2Cc2nc3c(N)nc(-c4cccc(C#N)c4F)cn3n2)C1=O. The summed E-state index contributed by atoms with van der Waals surface area (Å²) in [6.45, 7) is 0.993. The Labute approximate surface area is 205 Å². The van der Waals surface area contributed by atoms with Crippen molar-refractivity contribution in [1.29, 1.82) is 5.26 Å². The summed E-state index contributed by atoms with van der Waals surface area (Å²) in [4.78, 5) is 22.5. The molecule has 3 N–H and O–H groups in total. The number of nitrogens with two attached hydrogens (primary N) is 1. The lowest BCUT2D eigenvalue weighted by Gasteiger charge is -2.14. The molecule has 2 aromatic heterocycles. The molecule has 1 aliphatic heterocycles. The molecule has 0 aliphatic carbocycles. The summed E-state index contributed by atoms with van der Waals surface area (Å²) in [5.74, 6) is -0.778. The normalized spacial score (nSPS) is 15.6. The number of hydrogen-bond donors (Lipinski definition) is 2. The second kappa shape index (κ2) is 9.31. The number of likely N-dealkylation sites (tertiary alicyclic amines) is 1. The highest BCUT2D eigenvalue weighted by molar-refractivity contribution is 5.83. The fourth-order valence-electron chi connectivity index (χ4n) is 4.35. The molecule has 0 saturated carbocycles. The van der Waals surface area contributed by atoms with Crippen LogP contribution in [0, 0.1) is 23.0 Å². The molecule has 4 aromatic rings. The van der Waals surface area contributed by atoms with Crippen molar-refractivity contribution in [3.63, 3.8) is 0 Å². The van der Waals surface area contributed by atoms with E-state index < -0.39 is 11.6 Å². The zero-order valence-corrected chi connectivity index (χ0v) is 19.4. The predicted molar refractivity (Wildman–Crippen MR) is 127 cm³/mol. The van der Waals surface area contributed by atoms with Crippen LogP contribution in [0.5, 0.6) is 0 Å². The minimum Gasteiger partial charge on any atom is -0.381 e. The quantitative estimate of drug-likeness (QED) is 0.427. The standard InChI is InChI=1S/C25H22F2N8O/c1-34-9-8-19(25(34)36)30-12-15-5-3-7-18(26)17(15)10-21-32-24-23(29)31-20(13-35(24)33-21)16-6-2-4-14(11-28)22(16)27/h2-7,13,19,30H,8-10,12H2,1H3,(H2,29,31)/t19-/m0/s1. The summed E-state index contributed by atoms with van der Waals surface area (Å²) in [5.41, 5.74) is 7.61. The number of nitrogen functional groups attached to an aromatic ring is 1. The number of halogens is 2. The highest BCUT2D eigenvalue weighted by atomic mass is 19.1. The fourth-order valence-corrected chi connectivity index (χ4v) is 4.35. The van der Waals surface area contributed by atoms with Crippen LogP contribution < -0.4 is 11.1 Å². The van der Waals surface area contributed by atoms with Crippen molar-refractivity contribution in [2.45, 2.75) is 25.4 Å². The number of amides is 1. The van der Waals surface area contributed by atoms with Crippen LogP contribution in [-0.2, 0) is 17.8 Å². The number of aromatic nitrogens is 4. The third kappa shape index (κ3) is 4.23. The first-order valence-corrected chi connectivity index (χ1v) is 11.3. The van der Waals surface area contributed by atoms with Gasteiger partial charge in [0.05, 0.1) is 23.5 Å². The van der Waals surface area contributed by atoms with Gasteiger partial charge in [-0.15, -0.1) is 0 Å². The molecule has 2 aromatic carbocycles. The van der Waals surface area contributed by atoms with Crippen molar-refractivity contribution in [2.24, 2.45) is 0 Å².